The molecule has 1 unspecified atom stereocenters. The van der Waals surface area contributed by atoms with E-state index in [1.54, 1.807) is 37.5 Å². The fraction of sp³-hybridized carbons (Fsp3) is 0.353. The van der Waals surface area contributed by atoms with Crippen LogP contribution < -0.4 is 15.2 Å². The maximum Gasteiger partial charge on any atom is 0.346 e. The van der Waals surface area contributed by atoms with Crippen LogP contribution in [0, 0.1) is 6.92 Å². The molecule has 8 heteroatoms. The summed E-state index contributed by atoms with van der Waals surface area (Å²) in [6, 6.07) is 5.28. The van der Waals surface area contributed by atoms with Gasteiger partial charge in [-0.2, -0.15) is 5.10 Å². The SMILES string of the molecule is CCOc1cc(C=Nn2cc(C)nc2N)ccc1OC(C)C(=O)OC. The molecule has 1 heterocycles. The van der Waals surface area contributed by atoms with Crippen LogP contribution in [0.4, 0.5) is 5.95 Å². The van der Waals surface area contributed by atoms with E-state index in [2.05, 4.69) is 14.8 Å². The number of aryl methyl sites for hydroxylation is 1. The van der Waals surface area contributed by atoms with Gasteiger partial charge in [0.1, 0.15) is 0 Å². The second-order valence-corrected chi connectivity index (χ2v) is 5.25. The molecule has 0 saturated carbocycles. The van der Waals surface area contributed by atoms with Crippen LogP contribution in [-0.4, -0.2) is 41.7 Å². The molecule has 2 N–H and O–H groups in total. The van der Waals surface area contributed by atoms with Gasteiger partial charge in [-0.15, -0.1) is 0 Å². The second kappa shape index (κ2) is 8.18. The maximum absolute atomic E-state index is 11.5. The van der Waals surface area contributed by atoms with E-state index in [1.165, 1.54) is 11.8 Å². The van der Waals surface area contributed by atoms with Gasteiger partial charge in [-0.05, 0) is 44.5 Å². The molecule has 0 aliphatic rings. The number of aromatic nitrogens is 2. The number of rotatable bonds is 7. The fourth-order valence-corrected chi connectivity index (χ4v) is 2.10. The lowest BCUT2D eigenvalue weighted by atomic mass is 10.2. The highest BCUT2D eigenvalue weighted by Crippen LogP contribution is 2.29. The normalized spacial score (nSPS) is 12.2. The van der Waals surface area contributed by atoms with Gasteiger partial charge in [0.25, 0.3) is 0 Å². The molecule has 2 rings (SSSR count). The largest absolute Gasteiger partial charge is 0.490 e. The molecule has 1 aromatic carbocycles. The predicted octanol–water partition coefficient (Wildman–Crippen LogP) is 1.99. The Bertz CT molecular complexity index is 770. The van der Waals surface area contributed by atoms with Gasteiger partial charge in [-0.1, -0.05) is 0 Å². The number of esters is 1. The number of anilines is 1. The van der Waals surface area contributed by atoms with E-state index in [-0.39, 0.29) is 0 Å². The standard InChI is InChI=1S/C17H22N4O4/c1-5-24-15-8-13(9-19-21-10-11(2)20-17(21)18)6-7-14(15)25-12(3)16(22)23-4/h6-10,12H,5H2,1-4H3,(H2,18,20). The minimum atomic E-state index is -0.738. The first kappa shape index (κ1) is 18.3. The van der Waals surface area contributed by atoms with E-state index in [0.29, 0.717) is 24.1 Å². The number of methoxy groups -OCH3 is 1. The molecule has 8 nitrogen and oxygen atoms in total. The van der Waals surface area contributed by atoms with E-state index in [1.807, 2.05) is 13.8 Å². The zero-order valence-electron chi connectivity index (χ0n) is 14.7. The summed E-state index contributed by atoms with van der Waals surface area (Å²) in [6.07, 6.45) is 2.62. The Hall–Kier alpha value is -3.03. The van der Waals surface area contributed by atoms with Crippen LogP contribution >= 0.6 is 0 Å². The Kier molecular flexibility index (Phi) is 5.99. The van der Waals surface area contributed by atoms with Crippen LogP contribution in [0.25, 0.3) is 0 Å². The number of imidazole rings is 1. The molecule has 1 atom stereocenters. The van der Waals surface area contributed by atoms with Crippen LogP contribution in [-0.2, 0) is 9.53 Å². The molecule has 0 saturated heterocycles. The van der Waals surface area contributed by atoms with Gasteiger partial charge in [0.15, 0.2) is 17.6 Å². The van der Waals surface area contributed by atoms with Crippen molar-refractivity contribution in [2.45, 2.75) is 26.9 Å². The molecule has 1 aromatic heterocycles. The minimum absolute atomic E-state index is 0.311. The summed E-state index contributed by atoms with van der Waals surface area (Å²) in [5, 5.41) is 4.26. The summed E-state index contributed by atoms with van der Waals surface area (Å²) < 4.78 is 17.3. The van der Waals surface area contributed by atoms with E-state index in [4.69, 9.17) is 15.2 Å². The average Bonchev–Trinajstić information content (AvgIpc) is 2.91. The Morgan fingerprint density at radius 3 is 2.80 bits per heavy atom. The van der Waals surface area contributed by atoms with Gasteiger partial charge in [-0.3, -0.25) is 0 Å². The number of hydrogen-bond acceptors (Lipinski definition) is 7. The zero-order valence-corrected chi connectivity index (χ0v) is 14.7. The van der Waals surface area contributed by atoms with E-state index < -0.39 is 12.1 Å². The molecule has 0 radical (unpaired) electrons. The van der Waals surface area contributed by atoms with Gasteiger partial charge < -0.3 is 19.9 Å². The molecule has 0 spiro atoms. The molecule has 0 bridgehead atoms. The predicted molar refractivity (Wildman–Crippen MR) is 94.1 cm³/mol. The van der Waals surface area contributed by atoms with Crippen molar-refractivity contribution in [1.82, 2.24) is 9.66 Å². The summed E-state index contributed by atoms with van der Waals surface area (Å²) in [7, 11) is 1.31. The van der Waals surface area contributed by atoms with Gasteiger partial charge >= 0.3 is 5.97 Å². The molecular formula is C17H22N4O4. The van der Waals surface area contributed by atoms with E-state index >= 15 is 0 Å². The molecule has 0 fully saturated rings. The number of nitrogens with two attached hydrogens (primary N) is 1. The van der Waals surface area contributed by atoms with E-state index in [0.717, 1.165) is 11.3 Å². The summed E-state index contributed by atoms with van der Waals surface area (Å²) >= 11 is 0. The van der Waals surface area contributed by atoms with Crippen molar-refractivity contribution in [2.75, 3.05) is 19.5 Å². The molecule has 2 aromatic rings. The molecule has 0 amide bonds. The lowest BCUT2D eigenvalue weighted by molar-refractivity contribution is -0.147. The quantitative estimate of drug-likeness (QED) is 0.608. The minimum Gasteiger partial charge on any atom is -0.490 e. The number of hydrogen-bond donors (Lipinski definition) is 1. The smallest absolute Gasteiger partial charge is 0.346 e. The van der Waals surface area contributed by atoms with Crippen molar-refractivity contribution in [1.29, 1.82) is 0 Å². The summed E-state index contributed by atoms with van der Waals surface area (Å²) in [5.74, 6) is 0.816. The molecule has 134 valence electrons. The van der Waals surface area contributed by atoms with Crippen LogP contribution in [0.1, 0.15) is 25.1 Å². The zero-order chi connectivity index (χ0) is 18.4. The third-order valence-electron chi connectivity index (χ3n) is 3.27. The molecular weight excluding hydrogens is 324 g/mol. The number of carbonyl (C=O) groups excluding carboxylic acids is 1. The Labute approximate surface area is 146 Å². The van der Waals surface area contributed by atoms with Crippen molar-refractivity contribution in [3.63, 3.8) is 0 Å². The highest BCUT2D eigenvalue weighted by atomic mass is 16.6. The Morgan fingerprint density at radius 1 is 1.44 bits per heavy atom. The van der Waals surface area contributed by atoms with Crippen molar-refractivity contribution in [3.05, 3.63) is 35.7 Å². The van der Waals surface area contributed by atoms with E-state index in [9.17, 15) is 4.79 Å². The summed E-state index contributed by atoms with van der Waals surface area (Å²) in [5.41, 5.74) is 7.32. The highest BCUT2D eigenvalue weighted by molar-refractivity contribution is 5.81. The van der Waals surface area contributed by atoms with Gasteiger partial charge in [0, 0.05) is 0 Å². The monoisotopic (exact) mass is 346 g/mol. The fourth-order valence-electron chi connectivity index (χ4n) is 2.10. The van der Waals surface area contributed by atoms with Gasteiger partial charge in [-0.25, -0.2) is 14.5 Å². The summed E-state index contributed by atoms with van der Waals surface area (Å²) in [4.78, 5) is 15.6. The first-order valence-corrected chi connectivity index (χ1v) is 7.81. The van der Waals surface area contributed by atoms with Crippen LogP contribution in [0.2, 0.25) is 0 Å². The number of benzene rings is 1. The lowest BCUT2D eigenvalue weighted by Crippen LogP contribution is -2.25. The van der Waals surface area contributed by atoms with Crippen molar-refractivity contribution < 1.29 is 19.0 Å². The number of nitrogen functional groups attached to an aromatic ring is 1. The lowest BCUT2D eigenvalue weighted by Gasteiger charge is -2.16. The van der Waals surface area contributed by atoms with Crippen LogP contribution in [0.5, 0.6) is 11.5 Å². The third-order valence-corrected chi connectivity index (χ3v) is 3.27. The summed E-state index contributed by atoms with van der Waals surface area (Å²) in [6.45, 7) is 5.77. The maximum atomic E-state index is 11.5. The molecule has 0 aliphatic heterocycles. The number of nitrogens with zero attached hydrogens (tertiary/aromatic N) is 3. The van der Waals surface area contributed by atoms with Gasteiger partial charge in [0.05, 0.1) is 31.8 Å². The Balaban J connectivity index is 2.22. The van der Waals surface area contributed by atoms with Crippen LogP contribution in [0.3, 0.4) is 0 Å². The van der Waals surface area contributed by atoms with Gasteiger partial charge in [0.2, 0.25) is 5.95 Å². The molecule has 0 aliphatic carbocycles. The number of carbonyl (C=O) groups is 1. The first-order chi connectivity index (χ1) is 11.9. The number of ether oxygens (including phenoxy) is 3. The van der Waals surface area contributed by atoms with Crippen molar-refractivity contribution in [2.24, 2.45) is 5.10 Å². The molecule has 25 heavy (non-hydrogen) atoms. The van der Waals surface area contributed by atoms with Crippen LogP contribution in [0.15, 0.2) is 29.5 Å². The average molecular weight is 346 g/mol. The first-order valence-electron chi connectivity index (χ1n) is 7.81. The van der Waals surface area contributed by atoms with Crippen molar-refractivity contribution in [3.8, 4) is 11.5 Å². The Morgan fingerprint density at radius 2 is 2.20 bits per heavy atom. The highest BCUT2D eigenvalue weighted by Gasteiger charge is 2.17. The second-order valence-electron chi connectivity index (χ2n) is 5.25. The van der Waals surface area contributed by atoms with Crippen molar-refractivity contribution >= 4 is 18.1 Å². The topological polar surface area (TPSA) is 101 Å². The third kappa shape index (κ3) is 4.72.